The topological polar surface area (TPSA) is 35.6 Å². The van der Waals surface area contributed by atoms with Gasteiger partial charge in [-0.2, -0.15) is 5.10 Å². The zero-order valence-corrected chi connectivity index (χ0v) is 12.8. The van der Waals surface area contributed by atoms with Crippen molar-refractivity contribution in [1.82, 2.24) is 19.3 Å². The number of alkyl halides is 1. The molecule has 20 heavy (non-hydrogen) atoms. The van der Waals surface area contributed by atoms with Crippen LogP contribution in [0.25, 0.3) is 16.7 Å². The summed E-state index contributed by atoms with van der Waals surface area (Å²) in [6.07, 6.45) is 2.83. The Morgan fingerprint density at radius 1 is 1.30 bits per heavy atom. The number of imidazole rings is 1. The molecule has 0 radical (unpaired) electrons. The lowest BCUT2D eigenvalue weighted by molar-refractivity contribution is 0.746. The van der Waals surface area contributed by atoms with Gasteiger partial charge in [-0.05, 0) is 24.6 Å². The van der Waals surface area contributed by atoms with E-state index in [0.717, 1.165) is 34.7 Å². The van der Waals surface area contributed by atoms with Crippen LogP contribution in [0.3, 0.4) is 0 Å². The number of benzene rings is 1. The Morgan fingerprint density at radius 2 is 2.10 bits per heavy atom. The van der Waals surface area contributed by atoms with Crippen molar-refractivity contribution in [2.45, 2.75) is 19.2 Å². The van der Waals surface area contributed by atoms with Gasteiger partial charge in [-0.25, -0.2) is 4.98 Å². The van der Waals surface area contributed by atoms with Crippen molar-refractivity contribution in [3.63, 3.8) is 0 Å². The van der Waals surface area contributed by atoms with Crippen LogP contribution in [-0.4, -0.2) is 19.3 Å². The lowest BCUT2D eigenvalue weighted by Gasteiger charge is -2.06. The van der Waals surface area contributed by atoms with Crippen LogP contribution in [0.15, 0.2) is 24.4 Å². The zero-order chi connectivity index (χ0) is 14.3. The second-order valence-electron chi connectivity index (χ2n) is 4.62. The Labute approximate surface area is 126 Å². The van der Waals surface area contributed by atoms with E-state index in [-0.39, 0.29) is 0 Å². The molecule has 0 fully saturated rings. The average Bonchev–Trinajstić information content (AvgIpc) is 2.97. The van der Waals surface area contributed by atoms with Crippen LogP contribution in [0.1, 0.15) is 18.4 Å². The van der Waals surface area contributed by atoms with Gasteiger partial charge in [0.1, 0.15) is 5.82 Å². The van der Waals surface area contributed by atoms with Crippen LogP contribution in [0.5, 0.6) is 0 Å². The SMILES string of the molecule is CCc1nn(C)cc1-n1c(CCl)nc2ccc(Cl)cc21. The van der Waals surface area contributed by atoms with Crippen molar-refractivity contribution in [2.75, 3.05) is 0 Å². The van der Waals surface area contributed by atoms with Gasteiger partial charge >= 0.3 is 0 Å². The molecule has 0 spiro atoms. The van der Waals surface area contributed by atoms with Gasteiger partial charge < -0.3 is 0 Å². The largest absolute Gasteiger partial charge is 0.292 e. The van der Waals surface area contributed by atoms with Crippen LogP contribution in [0, 0.1) is 0 Å². The van der Waals surface area contributed by atoms with Crippen molar-refractivity contribution in [1.29, 1.82) is 0 Å². The first-order chi connectivity index (χ1) is 9.63. The number of halogens is 2. The van der Waals surface area contributed by atoms with Crippen LogP contribution < -0.4 is 0 Å². The molecule has 0 aliphatic rings. The molecule has 0 saturated carbocycles. The van der Waals surface area contributed by atoms with Crippen molar-refractivity contribution in [3.05, 3.63) is 40.9 Å². The number of hydrogen-bond acceptors (Lipinski definition) is 2. The van der Waals surface area contributed by atoms with Crippen molar-refractivity contribution >= 4 is 34.2 Å². The number of aryl methyl sites for hydroxylation is 2. The highest BCUT2D eigenvalue weighted by Crippen LogP contribution is 2.27. The molecule has 0 amide bonds. The maximum Gasteiger partial charge on any atom is 0.129 e. The summed E-state index contributed by atoms with van der Waals surface area (Å²) < 4.78 is 3.85. The molecule has 3 aromatic rings. The fraction of sp³-hybridized carbons (Fsp3) is 0.286. The third kappa shape index (κ3) is 2.09. The minimum absolute atomic E-state index is 0.338. The first-order valence-electron chi connectivity index (χ1n) is 6.39. The van der Waals surface area contributed by atoms with E-state index < -0.39 is 0 Å². The number of rotatable bonds is 3. The standard InChI is InChI=1S/C14H14Cl2N4/c1-3-10-13(8-19(2)18-10)20-12-6-9(16)4-5-11(12)17-14(20)7-15/h4-6,8H,3,7H2,1-2H3. The smallest absolute Gasteiger partial charge is 0.129 e. The monoisotopic (exact) mass is 308 g/mol. The first-order valence-corrected chi connectivity index (χ1v) is 7.31. The van der Waals surface area contributed by atoms with Gasteiger partial charge in [0, 0.05) is 18.3 Å². The number of aromatic nitrogens is 4. The summed E-state index contributed by atoms with van der Waals surface area (Å²) in [7, 11) is 1.91. The Kier molecular flexibility index (Phi) is 3.44. The van der Waals surface area contributed by atoms with Gasteiger partial charge in [-0.1, -0.05) is 18.5 Å². The average molecular weight is 309 g/mol. The van der Waals surface area contributed by atoms with E-state index in [2.05, 4.69) is 17.0 Å². The Bertz CT molecular complexity index is 773. The molecule has 0 N–H and O–H groups in total. The Morgan fingerprint density at radius 3 is 2.80 bits per heavy atom. The summed E-state index contributed by atoms with van der Waals surface area (Å²) in [6, 6.07) is 5.65. The van der Waals surface area contributed by atoms with Crippen LogP contribution in [0.2, 0.25) is 5.02 Å². The molecular formula is C14H14Cl2N4. The summed E-state index contributed by atoms with van der Waals surface area (Å²) in [5.41, 5.74) is 3.86. The van der Waals surface area contributed by atoms with E-state index in [1.54, 1.807) is 0 Å². The highest BCUT2D eigenvalue weighted by molar-refractivity contribution is 6.31. The molecule has 2 heterocycles. The van der Waals surface area contributed by atoms with Gasteiger partial charge in [0.15, 0.2) is 0 Å². The summed E-state index contributed by atoms with van der Waals surface area (Å²) in [5, 5.41) is 5.16. The number of hydrogen-bond donors (Lipinski definition) is 0. The van der Waals surface area contributed by atoms with E-state index in [1.165, 1.54) is 0 Å². The van der Waals surface area contributed by atoms with Gasteiger partial charge in [-0.3, -0.25) is 9.25 Å². The summed E-state index contributed by atoms with van der Waals surface area (Å²) >= 11 is 12.2. The molecule has 0 aliphatic carbocycles. The molecule has 0 saturated heterocycles. The molecule has 0 atom stereocenters. The predicted molar refractivity (Wildman–Crippen MR) is 81.8 cm³/mol. The fourth-order valence-corrected chi connectivity index (χ4v) is 2.76. The van der Waals surface area contributed by atoms with Gasteiger partial charge in [0.05, 0.1) is 28.3 Å². The normalized spacial score (nSPS) is 11.4. The van der Waals surface area contributed by atoms with E-state index in [4.69, 9.17) is 23.2 Å². The second kappa shape index (κ2) is 5.11. The number of nitrogens with zero attached hydrogens (tertiary/aromatic N) is 4. The Balaban J connectivity index is 2.35. The molecule has 0 unspecified atom stereocenters. The molecule has 0 aliphatic heterocycles. The molecule has 1 aromatic carbocycles. The van der Waals surface area contributed by atoms with Crippen LogP contribution in [0.4, 0.5) is 0 Å². The van der Waals surface area contributed by atoms with Crippen LogP contribution in [-0.2, 0) is 19.3 Å². The number of fused-ring (bicyclic) bond motifs is 1. The summed E-state index contributed by atoms with van der Waals surface area (Å²) in [5.74, 6) is 1.14. The first kappa shape index (κ1) is 13.5. The van der Waals surface area contributed by atoms with Crippen molar-refractivity contribution in [3.8, 4) is 5.69 Å². The lowest BCUT2D eigenvalue weighted by atomic mass is 10.2. The minimum atomic E-state index is 0.338. The fourth-order valence-electron chi connectivity index (χ4n) is 2.42. The van der Waals surface area contributed by atoms with E-state index in [1.807, 2.05) is 40.7 Å². The third-order valence-electron chi connectivity index (χ3n) is 3.26. The molecule has 2 aromatic heterocycles. The predicted octanol–water partition coefficient (Wildman–Crippen LogP) is 3.71. The molecule has 3 rings (SSSR count). The minimum Gasteiger partial charge on any atom is -0.292 e. The second-order valence-corrected chi connectivity index (χ2v) is 5.32. The van der Waals surface area contributed by atoms with Gasteiger partial charge in [-0.15, -0.1) is 11.6 Å². The van der Waals surface area contributed by atoms with Crippen molar-refractivity contribution < 1.29 is 0 Å². The molecular weight excluding hydrogens is 295 g/mol. The van der Waals surface area contributed by atoms with Gasteiger partial charge in [0.25, 0.3) is 0 Å². The summed E-state index contributed by atoms with van der Waals surface area (Å²) in [4.78, 5) is 4.57. The summed E-state index contributed by atoms with van der Waals surface area (Å²) in [6.45, 7) is 2.08. The van der Waals surface area contributed by atoms with E-state index >= 15 is 0 Å². The van der Waals surface area contributed by atoms with Crippen LogP contribution >= 0.6 is 23.2 Å². The third-order valence-corrected chi connectivity index (χ3v) is 3.74. The maximum atomic E-state index is 6.11. The Hall–Kier alpha value is -1.52. The van der Waals surface area contributed by atoms with E-state index in [0.29, 0.717) is 10.9 Å². The molecule has 4 nitrogen and oxygen atoms in total. The highest BCUT2D eigenvalue weighted by Gasteiger charge is 2.16. The molecule has 0 bridgehead atoms. The zero-order valence-electron chi connectivity index (χ0n) is 11.3. The quantitative estimate of drug-likeness (QED) is 0.691. The highest BCUT2D eigenvalue weighted by atomic mass is 35.5. The van der Waals surface area contributed by atoms with Gasteiger partial charge in [0.2, 0.25) is 0 Å². The molecule has 104 valence electrons. The maximum absolute atomic E-state index is 6.11. The molecule has 6 heteroatoms. The lowest BCUT2D eigenvalue weighted by Crippen LogP contribution is -2.01. The van der Waals surface area contributed by atoms with Crippen molar-refractivity contribution in [2.24, 2.45) is 7.05 Å². The van der Waals surface area contributed by atoms with E-state index in [9.17, 15) is 0 Å².